The molecule has 0 saturated heterocycles. The summed E-state index contributed by atoms with van der Waals surface area (Å²) in [6.07, 6.45) is 4.68. The minimum atomic E-state index is -0.112. The fourth-order valence-electron chi connectivity index (χ4n) is 2.65. The van der Waals surface area contributed by atoms with E-state index in [1.807, 2.05) is 12.1 Å². The van der Waals surface area contributed by atoms with Crippen molar-refractivity contribution >= 4 is 0 Å². The van der Waals surface area contributed by atoms with Crippen LogP contribution in [0.2, 0.25) is 0 Å². The van der Waals surface area contributed by atoms with E-state index in [1.165, 1.54) is 24.0 Å². The lowest BCUT2D eigenvalue weighted by Crippen LogP contribution is -2.33. The molecule has 0 atom stereocenters. The molecule has 1 fully saturated rings. The van der Waals surface area contributed by atoms with Crippen LogP contribution in [0.4, 0.5) is 0 Å². The lowest BCUT2D eigenvalue weighted by Gasteiger charge is -2.26. The summed E-state index contributed by atoms with van der Waals surface area (Å²) in [6.45, 7) is 2.10. The van der Waals surface area contributed by atoms with Gasteiger partial charge in [-0.25, -0.2) is 0 Å². The minimum Gasteiger partial charge on any atom is -0.496 e. The van der Waals surface area contributed by atoms with E-state index in [1.54, 1.807) is 7.11 Å². The largest absolute Gasteiger partial charge is 0.496 e. The average molecular weight is 205 g/mol. The fraction of sp³-hybridized carbons (Fsp3) is 0.538. The highest BCUT2D eigenvalue weighted by atomic mass is 16.5. The van der Waals surface area contributed by atoms with Gasteiger partial charge in [0.05, 0.1) is 7.11 Å². The Morgan fingerprint density at radius 3 is 2.53 bits per heavy atom. The molecule has 0 amide bonds. The molecule has 0 heterocycles. The average Bonchev–Trinajstić information content (AvgIpc) is 2.66. The van der Waals surface area contributed by atoms with Gasteiger partial charge in [0.25, 0.3) is 0 Å². The van der Waals surface area contributed by atoms with Gasteiger partial charge in [0.15, 0.2) is 0 Å². The van der Waals surface area contributed by atoms with E-state index < -0.39 is 0 Å². The quantitative estimate of drug-likeness (QED) is 0.805. The molecular weight excluding hydrogens is 186 g/mol. The highest BCUT2D eigenvalue weighted by Crippen LogP contribution is 2.39. The second kappa shape index (κ2) is 3.86. The van der Waals surface area contributed by atoms with Gasteiger partial charge in [-0.1, -0.05) is 25.0 Å². The number of nitrogens with two attached hydrogens (primary N) is 1. The second-order valence-corrected chi connectivity index (χ2v) is 4.50. The van der Waals surface area contributed by atoms with Crippen LogP contribution in [0.5, 0.6) is 5.75 Å². The highest BCUT2D eigenvalue weighted by Gasteiger charge is 2.32. The molecule has 82 valence electrons. The first-order valence-electron chi connectivity index (χ1n) is 5.60. The van der Waals surface area contributed by atoms with E-state index in [-0.39, 0.29) is 5.54 Å². The molecule has 1 aliphatic rings. The highest BCUT2D eigenvalue weighted by molar-refractivity contribution is 5.43. The summed E-state index contributed by atoms with van der Waals surface area (Å²) in [7, 11) is 1.71. The van der Waals surface area contributed by atoms with Crippen LogP contribution in [0.25, 0.3) is 0 Å². The Balaban J connectivity index is 2.43. The third-order valence-electron chi connectivity index (χ3n) is 3.54. The molecule has 1 aromatic carbocycles. The van der Waals surface area contributed by atoms with Crippen molar-refractivity contribution in [2.45, 2.75) is 38.1 Å². The Hall–Kier alpha value is -1.02. The number of benzene rings is 1. The first kappa shape index (κ1) is 10.5. The van der Waals surface area contributed by atoms with E-state index in [4.69, 9.17) is 10.5 Å². The van der Waals surface area contributed by atoms with Crippen LogP contribution in [0, 0.1) is 6.92 Å². The van der Waals surface area contributed by atoms with Crippen molar-refractivity contribution in [1.82, 2.24) is 0 Å². The van der Waals surface area contributed by atoms with Crippen molar-refractivity contribution in [2.75, 3.05) is 7.11 Å². The van der Waals surface area contributed by atoms with Crippen molar-refractivity contribution in [1.29, 1.82) is 0 Å². The van der Waals surface area contributed by atoms with Gasteiger partial charge < -0.3 is 10.5 Å². The van der Waals surface area contributed by atoms with Gasteiger partial charge in [-0.3, -0.25) is 0 Å². The van der Waals surface area contributed by atoms with E-state index in [2.05, 4.69) is 13.0 Å². The standard InChI is InChI=1S/C13H19NO/c1-10-11(6-5-7-12(10)15-2)13(14)8-3-4-9-13/h5-7H,3-4,8-9,14H2,1-2H3. The maximum atomic E-state index is 6.45. The van der Waals surface area contributed by atoms with Crippen LogP contribution in [-0.4, -0.2) is 7.11 Å². The molecule has 1 saturated carbocycles. The van der Waals surface area contributed by atoms with Crippen molar-refractivity contribution in [2.24, 2.45) is 5.73 Å². The summed E-state index contributed by atoms with van der Waals surface area (Å²) in [6, 6.07) is 6.18. The molecule has 15 heavy (non-hydrogen) atoms. The molecule has 2 nitrogen and oxygen atoms in total. The Morgan fingerprint density at radius 2 is 1.93 bits per heavy atom. The smallest absolute Gasteiger partial charge is 0.122 e. The first-order chi connectivity index (χ1) is 7.17. The summed E-state index contributed by atoms with van der Waals surface area (Å²) in [4.78, 5) is 0. The molecular formula is C13H19NO. The Morgan fingerprint density at radius 1 is 1.27 bits per heavy atom. The Bertz CT molecular complexity index is 354. The van der Waals surface area contributed by atoms with E-state index in [0.29, 0.717) is 0 Å². The van der Waals surface area contributed by atoms with Crippen molar-refractivity contribution in [3.63, 3.8) is 0 Å². The first-order valence-corrected chi connectivity index (χ1v) is 5.60. The molecule has 2 rings (SSSR count). The van der Waals surface area contributed by atoms with Crippen LogP contribution < -0.4 is 10.5 Å². The molecule has 2 N–H and O–H groups in total. The third-order valence-corrected chi connectivity index (χ3v) is 3.54. The van der Waals surface area contributed by atoms with Gasteiger partial charge >= 0.3 is 0 Å². The summed E-state index contributed by atoms with van der Waals surface area (Å²) >= 11 is 0. The zero-order chi connectivity index (χ0) is 10.9. The fourth-order valence-corrected chi connectivity index (χ4v) is 2.65. The number of methoxy groups -OCH3 is 1. The summed E-state index contributed by atoms with van der Waals surface area (Å²) in [5.74, 6) is 0.948. The lowest BCUT2D eigenvalue weighted by atomic mass is 9.86. The number of hydrogen-bond donors (Lipinski definition) is 1. The van der Waals surface area contributed by atoms with Crippen LogP contribution in [0.3, 0.4) is 0 Å². The molecule has 0 aromatic heterocycles. The van der Waals surface area contributed by atoms with Gasteiger partial charge in [-0.15, -0.1) is 0 Å². The van der Waals surface area contributed by atoms with Gasteiger partial charge in [0, 0.05) is 5.54 Å². The Labute approximate surface area is 91.4 Å². The van der Waals surface area contributed by atoms with E-state index in [9.17, 15) is 0 Å². The summed E-state index contributed by atoms with van der Waals surface area (Å²) in [5.41, 5.74) is 8.80. The second-order valence-electron chi connectivity index (χ2n) is 4.50. The maximum Gasteiger partial charge on any atom is 0.122 e. The maximum absolute atomic E-state index is 6.45. The summed E-state index contributed by atoms with van der Waals surface area (Å²) in [5, 5.41) is 0. The molecule has 1 aliphatic carbocycles. The molecule has 0 unspecified atom stereocenters. The normalized spacial score (nSPS) is 19.1. The van der Waals surface area contributed by atoms with Crippen LogP contribution in [0.1, 0.15) is 36.8 Å². The lowest BCUT2D eigenvalue weighted by molar-refractivity contribution is 0.404. The van der Waals surface area contributed by atoms with Gasteiger partial charge in [0.1, 0.15) is 5.75 Å². The van der Waals surface area contributed by atoms with E-state index in [0.717, 1.165) is 18.6 Å². The van der Waals surface area contributed by atoms with Gasteiger partial charge in [0.2, 0.25) is 0 Å². The van der Waals surface area contributed by atoms with Crippen molar-refractivity contribution < 1.29 is 4.74 Å². The van der Waals surface area contributed by atoms with Gasteiger partial charge in [-0.2, -0.15) is 0 Å². The monoisotopic (exact) mass is 205 g/mol. The van der Waals surface area contributed by atoms with Gasteiger partial charge in [-0.05, 0) is 37.0 Å². The molecule has 1 aromatic rings. The molecule has 0 radical (unpaired) electrons. The summed E-state index contributed by atoms with van der Waals surface area (Å²) < 4.78 is 5.33. The van der Waals surface area contributed by atoms with Crippen molar-refractivity contribution in [3.8, 4) is 5.75 Å². The predicted molar refractivity (Wildman–Crippen MR) is 62.1 cm³/mol. The van der Waals surface area contributed by atoms with Crippen LogP contribution in [-0.2, 0) is 5.54 Å². The van der Waals surface area contributed by atoms with Crippen LogP contribution >= 0.6 is 0 Å². The SMILES string of the molecule is COc1cccc(C2(N)CCCC2)c1C. The molecule has 2 heteroatoms. The minimum absolute atomic E-state index is 0.112. The Kier molecular flexibility index (Phi) is 2.70. The predicted octanol–water partition coefficient (Wildman–Crippen LogP) is 2.73. The number of hydrogen-bond acceptors (Lipinski definition) is 2. The molecule has 0 bridgehead atoms. The number of rotatable bonds is 2. The zero-order valence-electron chi connectivity index (χ0n) is 9.55. The van der Waals surface area contributed by atoms with E-state index >= 15 is 0 Å². The molecule has 0 spiro atoms. The molecule has 0 aliphatic heterocycles. The van der Waals surface area contributed by atoms with Crippen LogP contribution in [0.15, 0.2) is 18.2 Å². The zero-order valence-corrected chi connectivity index (χ0v) is 9.55. The third kappa shape index (κ3) is 1.74. The van der Waals surface area contributed by atoms with Crippen molar-refractivity contribution in [3.05, 3.63) is 29.3 Å². The number of ether oxygens (including phenoxy) is 1. The topological polar surface area (TPSA) is 35.2 Å².